The number of hydrogen-bond acceptors (Lipinski definition) is 2. The highest BCUT2D eigenvalue weighted by molar-refractivity contribution is 5.08. The summed E-state index contributed by atoms with van der Waals surface area (Å²) in [7, 11) is 2.23. The minimum absolute atomic E-state index is 0.477. The number of aromatic amines is 1. The first-order chi connectivity index (χ1) is 7.29. The van der Waals surface area contributed by atoms with Crippen molar-refractivity contribution in [2.24, 2.45) is 0 Å². The van der Waals surface area contributed by atoms with Gasteiger partial charge < -0.3 is 10.3 Å². The molecule has 0 aliphatic carbocycles. The van der Waals surface area contributed by atoms with E-state index in [2.05, 4.69) is 41.3 Å². The van der Waals surface area contributed by atoms with Crippen molar-refractivity contribution in [3.8, 4) is 0 Å². The van der Waals surface area contributed by atoms with Crippen LogP contribution in [0.3, 0.4) is 0 Å². The largest absolute Gasteiger partial charge is 0.364 e. The molecule has 1 unspecified atom stereocenters. The van der Waals surface area contributed by atoms with Crippen LogP contribution in [0.1, 0.15) is 31.5 Å². The van der Waals surface area contributed by atoms with E-state index in [1.807, 2.05) is 6.20 Å². The number of hydrogen-bond donors (Lipinski definition) is 2. The summed E-state index contributed by atoms with van der Waals surface area (Å²) in [5.41, 5.74) is 1.31. The monoisotopic (exact) mass is 207 g/mol. The van der Waals surface area contributed by atoms with Crippen molar-refractivity contribution in [1.29, 1.82) is 0 Å². The molecule has 2 heterocycles. The van der Waals surface area contributed by atoms with Gasteiger partial charge in [-0.25, -0.2) is 0 Å². The molecule has 3 nitrogen and oxygen atoms in total. The van der Waals surface area contributed by atoms with Crippen LogP contribution in [0.15, 0.2) is 18.3 Å². The van der Waals surface area contributed by atoms with Crippen molar-refractivity contribution >= 4 is 0 Å². The van der Waals surface area contributed by atoms with Crippen molar-refractivity contribution in [2.45, 2.75) is 31.8 Å². The molecule has 1 aromatic rings. The maximum Gasteiger partial charge on any atom is 0.0470 e. The molecule has 2 atom stereocenters. The van der Waals surface area contributed by atoms with Crippen molar-refractivity contribution in [3.05, 3.63) is 24.0 Å². The van der Waals surface area contributed by atoms with E-state index in [4.69, 9.17) is 0 Å². The first kappa shape index (κ1) is 10.7. The standard InChI is InChI=1S/C12H21N3/c1-10(12-6-4-8-14-12)15(2)11-5-3-7-13-9-11/h4,6,8,10-11,13-14H,3,5,7,9H2,1-2H3/t10?,11-/m1/s1. The zero-order chi connectivity index (χ0) is 10.7. The van der Waals surface area contributed by atoms with Crippen LogP contribution in [-0.2, 0) is 0 Å². The van der Waals surface area contributed by atoms with Crippen LogP contribution in [0.25, 0.3) is 0 Å². The van der Waals surface area contributed by atoms with Gasteiger partial charge in [0.2, 0.25) is 0 Å². The van der Waals surface area contributed by atoms with Gasteiger partial charge in [-0.2, -0.15) is 0 Å². The highest BCUT2D eigenvalue weighted by Crippen LogP contribution is 2.21. The third-order valence-electron chi connectivity index (χ3n) is 3.53. The fourth-order valence-corrected chi connectivity index (χ4v) is 2.32. The van der Waals surface area contributed by atoms with E-state index in [-0.39, 0.29) is 0 Å². The van der Waals surface area contributed by atoms with E-state index in [0.717, 1.165) is 6.54 Å². The molecule has 1 aromatic heterocycles. The number of likely N-dealkylation sites (N-methyl/N-ethyl adjacent to an activating group) is 1. The zero-order valence-corrected chi connectivity index (χ0v) is 9.66. The van der Waals surface area contributed by atoms with E-state index in [0.29, 0.717) is 12.1 Å². The number of aromatic nitrogens is 1. The minimum Gasteiger partial charge on any atom is -0.364 e. The molecule has 0 amide bonds. The van der Waals surface area contributed by atoms with Gasteiger partial charge in [0.1, 0.15) is 0 Å². The molecule has 1 aliphatic heterocycles. The second kappa shape index (κ2) is 4.81. The third-order valence-corrected chi connectivity index (χ3v) is 3.53. The Hall–Kier alpha value is -0.800. The average Bonchev–Trinajstić information content (AvgIpc) is 2.82. The maximum absolute atomic E-state index is 3.46. The van der Waals surface area contributed by atoms with Gasteiger partial charge >= 0.3 is 0 Å². The predicted molar refractivity (Wildman–Crippen MR) is 62.9 cm³/mol. The highest BCUT2D eigenvalue weighted by atomic mass is 15.2. The van der Waals surface area contributed by atoms with Gasteiger partial charge in [-0.1, -0.05) is 0 Å². The lowest BCUT2D eigenvalue weighted by molar-refractivity contribution is 0.154. The molecule has 1 aliphatic rings. The first-order valence-electron chi connectivity index (χ1n) is 5.85. The number of piperidine rings is 1. The first-order valence-corrected chi connectivity index (χ1v) is 5.85. The molecule has 0 saturated carbocycles. The summed E-state index contributed by atoms with van der Waals surface area (Å²) in [4.78, 5) is 5.77. The van der Waals surface area contributed by atoms with Crippen LogP contribution >= 0.6 is 0 Å². The Balaban J connectivity index is 1.97. The number of rotatable bonds is 3. The van der Waals surface area contributed by atoms with Crippen LogP contribution in [0.4, 0.5) is 0 Å². The number of nitrogens with zero attached hydrogens (tertiary/aromatic N) is 1. The highest BCUT2D eigenvalue weighted by Gasteiger charge is 2.22. The molecule has 1 fully saturated rings. The van der Waals surface area contributed by atoms with Crippen LogP contribution in [0, 0.1) is 0 Å². The summed E-state index contributed by atoms with van der Waals surface area (Å²) >= 11 is 0. The Labute approximate surface area is 91.9 Å². The Morgan fingerprint density at radius 3 is 3.00 bits per heavy atom. The van der Waals surface area contributed by atoms with Crippen molar-refractivity contribution in [2.75, 3.05) is 20.1 Å². The second-order valence-corrected chi connectivity index (χ2v) is 4.47. The van der Waals surface area contributed by atoms with Gasteiger partial charge in [-0.05, 0) is 45.5 Å². The summed E-state index contributed by atoms with van der Waals surface area (Å²) in [5, 5.41) is 3.46. The molecule has 2 N–H and O–H groups in total. The third kappa shape index (κ3) is 2.41. The molecule has 0 bridgehead atoms. The molecule has 0 aromatic carbocycles. The van der Waals surface area contributed by atoms with Crippen LogP contribution in [0.2, 0.25) is 0 Å². The van der Waals surface area contributed by atoms with E-state index in [1.165, 1.54) is 25.1 Å². The SMILES string of the molecule is CC(c1ccc[nH]1)N(C)[C@@H]1CCCNC1. The lowest BCUT2D eigenvalue weighted by Gasteiger charge is -2.35. The van der Waals surface area contributed by atoms with Crippen LogP contribution < -0.4 is 5.32 Å². The molecule has 2 rings (SSSR count). The quantitative estimate of drug-likeness (QED) is 0.791. The second-order valence-electron chi connectivity index (χ2n) is 4.47. The van der Waals surface area contributed by atoms with E-state index < -0.39 is 0 Å². The molecular formula is C12H21N3. The summed E-state index contributed by atoms with van der Waals surface area (Å²) in [6, 6.07) is 5.39. The van der Waals surface area contributed by atoms with Gasteiger partial charge in [-0.15, -0.1) is 0 Å². The van der Waals surface area contributed by atoms with E-state index >= 15 is 0 Å². The van der Waals surface area contributed by atoms with Crippen molar-refractivity contribution in [1.82, 2.24) is 15.2 Å². The van der Waals surface area contributed by atoms with Crippen molar-refractivity contribution in [3.63, 3.8) is 0 Å². The normalized spacial score (nSPS) is 24.3. The molecule has 1 saturated heterocycles. The Kier molecular flexibility index (Phi) is 3.44. The van der Waals surface area contributed by atoms with Gasteiger partial charge in [0.15, 0.2) is 0 Å². The average molecular weight is 207 g/mol. The van der Waals surface area contributed by atoms with Gasteiger partial charge in [0, 0.05) is 30.5 Å². The molecule has 3 heteroatoms. The fraction of sp³-hybridized carbons (Fsp3) is 0.667. The lowest BCUT2D eigenvalue weighted by atomic mass is 10.0. The van der Waals surface area contributed by atoms with Crippen LogP contribution in [-0.4, -0.2) is 36.1 Å². The molecule has 0 spiro atoms. The van der Waals surface area contributed by atoms with Crippen LogP contribution in [0.5, 0.6) is 0 Å². The zero-order valence-electron chi connectivity index (χ0n) is 9.66. The van der Waals surface area contributed by atoms with Gasteiger partial charge in [0.05, 0.1) is 0 Å². The van der Waals surface area contributed by atoms with Gasteiger partial charge in [0.25, 0.3) is 0 Å². The lowest BCUT2D eigenvalue weighted by Crippen LogP contribution is -2.45. The summed E-state index contributed by atoms with van der Waals surface area (Å²) in [5.74, 6) is 0. The Bertz CT molecular complexity index is 275. The summed E-state index contributed by atoms with van der Waals surface area (Å²) in [6.07, 6.45) is 4.61. The van der Waals surface area contributed by atoms with E-state index in [1.54, 1.807) is 0 Å². The summed E-state index contributed by atoms with van der Waals surface area (Å²) < 4.78 is 0. The molecule has 15 heavy (non-hydrogen) atoms. The topological polar surface area (TPSA) is 31.1 Å². The molecule has 0 radical (unpaired) electrons. The number of H-pyrrole nitrogens is 1. The maximum atomic E-state index is 3.46. The smallest absolute Gasteiger partial charge is 0.0470 e. The summed E-state index contributed by atoms with van der Waals surface area (Å²) in [6.45, 7) is 4.57. The predicted octanol–water partition coefficient (Wildman–Crippen LogP) is 1.76. The molecule has 84 valence electrons. The molecular weight excluding hydrogens is 186 g/mol. The number of nitrogens with one attached hydrogen (secondary N) is 2. The Morgan fingerprint density at radius 2 is 2.40 bits per heavy atom. The van der Waals surface area contributed by atoms with Gasteiger partial charge in [-0.3, -0.25) is 4.90 Å². The fourth-order valence-electron chi connectivity index (χ4n) is 2.32. The van der Waals surface area contributed by atoms with Crippen molar-refractivity contribution < 1.29 is 0 Å². The Morgan fingerprint density at radius 1 is 1.53 bits per heavy atom. The minimum atomic E-state index is 0.477. The van der Waals surface area contributed by atoms with E-state index in [9.17, 15) is 0 Å².